The van der Waals surface area contributed by atoms with Crippen LogP contribution in [-0.2, 0) is 7.05 Å². The Morgan fingerprint density at radius 3 is 2.38 bits per heavy atom. The van der Waals surface area contributed by atoms with Crippen LogP contribution in [0.25, 0.3) is 0 Å². The minimum Gasteiger partial charge on any atom is -0.378 e. The molecule has 3 nitrogen and oxygen atoms in total. The number of hydrogen-bond acceptors (Lipinski definition) is 2. The molecule has 0 aliphatic heterocycles. The van der Waals surface area contributed by atoms with E-state index in [1.807, 2.05) is 0 Å². The van der Waals surface area contributed by atoms with Gasteiger partial charge >= 0.3 is 6.18 Å². The summed E-state index contributed by atoms with van der Waals surface area (Å²) in [5, 5.41) is 12.4. The van der Waals surface area contributed by atoms with Crippen molar-refractivity contribution < 1.29 is 18.3 Å². The fourth-order valence-electron chi connectivity index (χ4n) is 1.05. The second-order valence-electron chi connectivity index (χ2n) is 2.82. The second-order valence-corrected chi connectivity index (χ2v) is 2.82. The average molecular weight is 194 g/mol. The van der Waals surface area contributed by atoms with Crippen molar-refractivity contribution in [1.29, 1.82) is 0 Å². The Balaban J connectivity index is 3.01. The van der Waals surface area contributed by atoms with Crippen LogP contribution in [0.2, 0.25) is 0 Å². The summed E-state index contributed by atoms with van der Waals surface area (Å²) in [6.07, 6.45) is -5.72. The van der Waals surface area contributed by atoms with Gasteiger partial charge in [0.05, 0.1) is 0 Å². The second kappa shape index (κ2) is 3.02. The third-order valence-corrected chi connectivity index (χ3v) is 1.62. The van der Waals surface area contributed by atoms with Crippen LogP contribution in [0.3, 0.4) is 0 Å². The van der Waals surface area contributed by atoms with Crippen LogP contribution < -0.4 is 0 Å². The van der Waals surface area contributed by atoms with E-state index in [9.17, 15) is 13.2 Å². The van der Waals surface area contributed by atoms with E-state index in [1.165, 1.54) is 24.9 Å². The minimum atomic E-state index is -4.65. The van der Waals surface area contributed by atoms with E-state index in [0.29, 0.717) is 5.56 Å². The van der Waals surface area contributed by atoms with Crippen LogP contribution in [0.4, 0.5) is 13.2 Å². The summed E-state index contributed by atoms with van der Waals surface area (Å²) in [4.78, 5) is 0. The lowest BCUT2D eigenvalue weighted by molar-refractivity contribution is -0.208. The fourth-order valence-corrected chi connectivity index (χ4v) is 1.05. The average Bonchev–Trinajstić information content (AvgIpc) is 2.26. The highest BCUT2D eigenvalue weighted by atomic mass is 19.4. The first kappa shape index (κ1) is 10.0. The smallest absolute Gasteiger partial charge is 0.378 e. The molecule has 0 saturated carbocycles. The normalized spacial score (nSPS) is 14.6. The van der Waals surface area contributed by atoms with E-state index in [4.69, 9.17) is 5.11 Å². The van der Waals surface area contributed by atoms with Gasteiger partial charge in [-0.15, -0.1) is 0 Å². The van der Waals surface area contributed by atoms with Gasteiger partial charge in [0.1, 0.15) is 5.69 Å². The first-order valence-electron chi connectivity index (χ1n) is 3.57. The summed E-state index contributed by atoms with van der Waals surface area (Å²) >= 11 is 0. The summed E-state index contributed by atoms with van der Waals surface area (Å²) in [7, 11) is 1.50. The first-order chi connectivity index (χ1) is 5.82. The number of aryl methyl sites for hydroxylation is 2. The van der Waals surface area contributed by atoms with Crippen LogP contribution in [0.15, 0.2) is 6.20 Å². The Kier molecular flexibility index (Phi) is 2.34. The van der Waals surface area contributed by atoms with Crippen molar-refractivity contribution in [2.75, 3.05) is 0 Å². The van der Waals surface area contributed by atoms with Gasteiger partial charge in [-0.2, -0.15) is 18.3 Å². The number of hydrogen-bond donors (Lipinski definition) is 1. The largest absolute Gasteiger partial charge is 0.420 e. The predicted octanol–water partition coefficient (Wildman–Crippen LogP) is 1.32. The Hall–Kier alpha value is -1.04. The van der Waals surface area contributed by atoms with E-state index in [2.05, 4.69) is 5.10 Å². The highest BCUT2D eigenvalue weighted by molar-refractivity contribution is 5.18. The number of aliphatic hydroxyl groups excluding tert-OH is 1. The van der Waals surface area contributed by atoms with Gasteiger partial charge in [-0.25, -0.2) is 0 Å². The summed E-state index contributed by atoms with van der Waals surface area (Å²) in [5.41, 5.74) is -0.0117. The quantitative estimate of drug-likeness (QED) is 0.732. The van der Waals surface area contributed by atoms with E-state index in [1.54, 1.807) is 0 Å². The van der Waals surface area contributed by atoms with Gasteiger partial charge in [0.2, 0.25) is 0 Å². The Morgan fingerprint density at radius 1 is 1.54 bits per heavy atom. The molecule has 1 aromatic rings. The van der Waals surface area contributed by atoms with Crippen molar-refractivity contribution in [2.45, 2.75) is 19.2 Å². The van der Waals surface area contributed by atoms with Gasteiger partial charge in [-0.1, -0.05) is 0 Å². The zero-order valence-electron chi connectivity index (χ0n) is 7.13. The molecule has 0 amide bonds. The van der Waals surface area contributed by atoms with E-state index in [-0.39, 0.29) is 5.69 Å². The van der Waals surface area contributed by atoms with Crippen molar-refractivity contribution in [3.63, 3.8) is 0 Å². The maximum absolute atomic E-state index is 12.0. The van der Waals surface area contributed by atoms with Crippen molar-refractivity contribution >= 4 is 0 Å². The maximum atomic E-state index is 12.0. The molecule has 13 heavy (non-hydrogen) atoms. The number of aliphatic hydroxyl groups is 1. The van der Waals surface area contributed by atoms with Crippen molar-refractivity contribution in [1.82, 2.24) is 9.78 Å². The number of aromatic nitrogens is 2. The van der Waals surface area contributed by atoms with Gasteiger partial charge in [0.15, 0.2) is 6.10 Å². The molecular weight excluding hydrogens is 185 g/mol. The van der Waals surface area contributed by atoms with E-state index >= 15 is 0 Å². The highest BCUT2D eigenvalue weighted by Crippen LogP contribution is 2.32. The number of alkyl halides is 3. The van der Waals surface area contributed by atoms with Crippen LogP contribution in [-0.4, -0.2) is 21.1 Å². The molecule has 1 N–H and O–H groups in total. The summed E-state index contributed by atoms with van der Waals surface area (Å²) < 4.78 is 37.3. The lowest BCUT2D eigenvalue weighted by Gasteiger charge is -2.12. The molecule has 0 bridgehead atoms. The molecule has 0 fully saturated rings. The highest BCUT2D eigenvalue weighted by Gasteiger charge is 2.41. The van der Waals surface area contributed by atoms with Crippen LogP contribution in [0.1, 0.15) is 17.4 Å². The van der Waals surface area contributed by atoms with Gasteiger partial charge in [0, 0.05) is 13.2 Å². The molecule has 1 aromatic heterocycles. The molecule has 1 rings (SSSR count). The molecule has 0 spiro atoms. The van der Waals surface area contributed by atoms with Crippen molar-refractivity contribution in [3.8, 4) is 0 Å². The summed E-state index contributed by atoms with van der Waals surface area (Å²) in [6, 6.07) is 0. The Morgan fingerprint density at radius 2 is 2.08 bits per heavy atom. The first-order valence-corrected chi connectivity index (χ1v) is 3.57. The molecular formula is C7H9F3N2O. The molecule has 0 aliphatic carbocycles. The topological polar surface area (TPSA) is 38.0 Å². The zero-order chi connectivity index (χ0) is 10.2. The molecule has 74 valence electrons. The molecule has 1 unspecified atom stereocenters. The van der Waals surface area contributed by atoms with E-state index < -0.39 is 12.3 Å². The number of nitrogens with zero attached hydrogens (tertiary/aromatic N) is 2. The lowest BCUT2D eigenvalue weighted by Crippen LogP contribution is -2.21. The SMILES string of the molecule is Cc1cn(C)nc1C(O)C(F)(F)F. The molecule has 0 radical (unpaired) electrons. The molecule has 0 aliphatic rings. The third-order valence-electron chi connectivity index (χ3n) is 1.62. The standard InChI is InChI=1S/C7H9F3N2O/c1-4-3-12(2)11-5(4)6(13)7(8,9)10/h3,6,13H,1-2H3. The molecule has 0 aromatic carbocycles. The number of rotatable bonds is 1. The zero-order valence-corrected chi connectivity index (χ0v) is 7.13. The third kappa shape index (κ3) is 2.00. The fraction of sp³-hybridized carbons (Fsp3) is 0.571. The molecule has 6 heteroatoms. The minimum absolute atomic E-state index is 0.326. The van der Waals surface area contributed by atoms with Gasteiger partial charge in [-0.05, 0) is 12.5 Å². The van der Waals surface area contributed by atoms with Crippen LogP contribution in [0, 0.1) is 6.92 Å². The number of halogens is 3. The van der Waals surface area contributed by atoms with Gasteiger partial charge in [-0.3, -0.25) is 4.68 Å². The van der Waals surface area contributed by atoms with Gasteiger partial charge in [0.25, 0.3) is 0 Å². The van der Waals surface area contributed by atoms with Gasteiger partial charge < -0.3 is 5.11 Å². The summed E-state index contributed by atoms with van der Waals surface area (Å²) in [5.74, 6) is 0. The van der Waals surface area contributed by atoms with Crippen molar-refractivity contribution in [2.24, 2.45) is 7.05 Å². The van der Waals surface area contributed by atoms with E-state index in [0.717, 1.165) is 0 Å². The molecule has 1 atom stereocenters. The molecule has 1 heterocycles. The summed E-state index contributed by atoms with van der Waals surface area (Å²) in [6.45, 7) is 1.47. The lowest BCUT2D eigenvalue weighted by atomic mass is 10.2. The maximum Gasteiger partial charge on any atom is 0.420 e. The Labute approximate surface area is 72.8 Å². The van der Waals surface area contributed by atoms with Crippen LogP contribution in [0.5, 0.6) is 0 Å². The monoisotopic (exact) mass is 194 g/mol. The predicted molar refractivity (Wildman–Crippen MR) is 39.0 cm³/mol. The van der Waals surface area contributed by atoms with Crippen molar-refractivity contribution in [3.05, 3.63) is 17.5 Å². The molecule has 0 saturated heterocycles. The Bertz CT molecular complexity index is 305. The van der Waals surface area contributed by atoms with Crippen LogP contribution >= 0.6 is 0 Å².